The molecule has 2 fully saturated rings. The maximum absolute atomic E-state index is 15.2. The van der Waals surface area contributed by atoms with Crippen LogP contribution in [0.25, 0.3) is 0 Å². The summed E-state index contributed by atoms with van der Waals surface area (Å²) in [5, 5.41) is 2.30. The number of nitrogens with one attached hydrogen (secondary N) is 1. The number of piperazine rings is 1. The van der Waals surface area contributed by atoms with Gasteiger partial charge in [0.25, 0.3) is 5.91 Å². The highest BCUT2D eigenvalue weighted by Crippen LogP contribution is 2.32. The predicted molar refractivity (Wildman–Crippen MR) is 142 cm³/mol. The number of carbonyl (C=O) groups excluding carboxylic acids is 3. The third kappa shape index (κ3) is 5.07. The Bertz CT molecular complexity index is 1350. The molecule has 6 rings (SSSR count). The maximum atomic E-state index is 15.2. The number of hydrogen-bond donors (Lipinski definition) is 1. The lowest BCUT2D eigenvalue weighted by molar-refractivity contribution is -0.136. The van der Waals surface area contributed by atoms with E-state index < -0.39 is 17.8 Å². The van der Waals surface area contributed by atoms with Gasteiger partial charge in [0, 0.05) is 69.2 Å². The van der Waals surface area contributed by atoms with E-state index in [1.165, 1.54) is 16.5 Å². The molecule has 3 amide bonds. The molecule has 1 N–H and O–H groups in total. The average Bonchev–Trinajstić information content (AvgIpc) is 3.26. The molecule has 2 atom stereocenters. The van der Waals surface area contributed by atoms with Crippen LogP contribution in [0.1, 0.15) is 51.5 Å². The van der Waals surface area contributed by atoms with Gasteiger partial charge in [-0.1, -0.05) is 36.4 Å². The number of aromatic nitrogens is 1. The van der Waals surface area contributed by atoms with Crippen molar-refractivity contribution in [3.05, 3.63) is 101 Å². The summed E-state index contributed by atoms with van der Waals surface area (Å²) in [7, 11) is 0. The van der Waals surface area contributed by atoms with Gasteiger partial charge in [-0.3, -0.25) is 34.5 Å². The van der Waals surface area contributed by atoms with Crippen LogP contribution in [-0.4, -0.2) is 69.6 Å². The van der Waals surface area contributed by atoms with Crippen molar-refractivity contribution >= 4 is 17.7 Å². The number of halogens is 1. The number of fused-ring (bicyclic) bond motifs is 1. The number of nitrogens with zero attached hydrogens (tertiary/aromatic N) is 4. The zero-order valence-electron chi connectivity index (χ0n) is 21.6. The van der Waals surface area contributed by atoms with Gasteiger partial charge in [0.15, 0.2) is 0 Å². The summed E-state index contributed by atoms with van der Waals surface area (Å²) in [6, 6.07) is 16.9. The number of benzene rings is 2. The molecule has 1 aromatic heterocycles. The minimum absolute atomic E-state index is 0.100. The summed E-state index contributed by atoms with van der Waals surface area (Å²) in [6.07, 6.45) is 4.18. The van der Waals surface area contributed by atoms with Crippen LogP contribution in [0, 0.1) is 5.82 Å². The molecular formula is C30H30FN5O3. The van der Waals surface area contributed by atoms with Crippen molar-refractivity contribution in [3.63, 3.8) is 0 Å². The van der Waals surface area contributed by atoms with Crippen LogP contribution in [0.15, 0.2) is 67.0 Å². The maximum Gasteiger partial charge on any atom is 0.255 e. The van der Waals surface area contributed by atoms with E-state index in [0.717, 1.165) is 37.3 Å². The first-order chi connectivity index (χ1) is 19.0. The molecule has 3 aliphatic heterocycles. The average molecular weight is 528 g/mol. The van der Waals surface area contributed by atoms with Gasteiger partial charge in [0.05, 0.1) is 6.04 Å². The van der Waals surface area contributed by atoms with E-state index in [2.05, 4.69) is 50.4 Å². The van der Waals surface area contributed by atoms with Gasteiger partial charge < -0.3 is 4.90 Å². The van der Waals surface area contributed by atoms with Gasteiger partial charge in [-0.15, -0.1) is 0 Å². The number of pyridine rings is 1. The van der Waals surface area contributed by atoms with E-state index in [0.29, 0.717) is 17.7 Å². The van der Waals surface area contributed by atoms with E-state index in [-0.39, 0.29) is 37.2 Å². The quantitative estimate of drug-likeness (QED) is 0.497. The zero-order chi connectivity index (χ0) is 26.9. The van der Waals surface area contributed by atoms with Crippen molar-refractivity contribution in [2.45, 2.75) is 38.0 Å². The molecule has 0 bridgehead atoms. The second-order valence-electron chi connectivity index (χ2n) is 10.4. The van der Waals surface area contributed by atoms with Gasteiger partial charge >= 0.3 is 0 Å². The molecule has 8 nitrogen and oxygen atoms in total. The van der Waals surface area contributed by atoms with Crippen LogP contribution in [-0.2, 0) is 22.7 Å². The summed E-state index contributed by atoms with van der Waals surface area (Å²) < 4.78 is 15.2. The van der Waals surface area contributed by atoms with E-state index in [1.54, 1.807) is 12.3 Å². The highest BCUT2D eigenvalue weighted by atomic mass is 19.1. The topological polar surface area (TPSA) is 85.9 Å². The number of rotatable bonds is 6. The van der Waals surface area contributed by atoms with Crippen molar-refractivity contribution in [2.24, 2.45) is 0 Å². The van der Waals surface area contributed by atoms with Crippen LogP contribution >= 0.6 is 0 Å². The Morgan fingerprint density at radius 1 is 0.974 bits per heavy atom. The van der Waals surface area contributed by atoms with Crippen molar-refractivity contribution in [3.8, 4) is 0 Å². The molecule has 4 heterocycles. The minimum atomic E-state index is -0.709. The lowest BCUT2D eigenvalue weighted by Crippen LogP contribution is -2.52. The van der Waals surface area contributed by atoms with Crippen LogP contribution in [0.3, 0.4) is 0 Å². The monoisotopic (exact) mass is 527 g/mol. The lowest BCUT2D eigenvalue weighted by atomic mass is 9.97. The predicted octanol–water partition coefficient (Wildman–Crippen LogP) is 2.89. The standard InChI is InChI=1S/C30H30FN5O3/c31-25-16-24-22(19-36(30(24)39)26-8-9-27(37)33-29(26)38)15-23(25)18-34-11-13-35(14-12-34)28(20-5-2-1-3-6-20)21-7-4-10-32-17-21/h1-7,10,15-17,26,28H,8-9,11-14,18-19H2,(H,33,37,38). The first-order valence-corrected chi connectivity index (χ1v) is 13.3. The van der Waals surface area contributed by atoms with E-state index in [1.807, 2.05) is 18.3 Å². The van der Waals surface area contributed by atoms with Gasteiger partial charge in [-0.05, 0) is 41.3 Å². The van der Waals surface area contributed by atoms with Crippen LogP contribution < -0.4 is 5.32 Å². The number of hydrogen-bond acceptors (Lipinski definition) is 6. The third-order valence-corrected chi connectivity index (χ3v) is 7.97. The normalized spacial score (nSPS) is 21.1. The molecule has 9 heteroatoms. The zero-order valence-corrected chi connectivity index (χ0v) is 21.6. The highest BCUT2D eigenvalue weighted by Gasteiger charge is 2.39. The Balaban J connectivity index is 1.14. The summed E-state index contributed by atoms with van der Waals surface area (Å²) in [5.41, 5.74) is 3.93. The largest absolute Gasteiger partial charge is 0.322 e. The summed E-state index contributed by atoms with van der Waals surface area (Å²) in [6.45, 7) is 3.89. The van der Waals surface area contributed by atoms with Crippen molar-refractivity contribution in [1.82, 2.24) is 25.0 Å². The first-order valence-electron chi connectivity index (χ1n) is 13.3. The van der Waals surface area contributed by atoms with E-state index in [9.17, 15) is 14.4 Å². The fourth-order valence-corrected chi connectivity index (χ4v) is 5.97. The molecule has 0 spiro atoms. The molecule has 0 aliphatic carbocycles. The Kier molecular flexibility index (Phi) is 6.93. The number of imide groups is 1. The summed E-state index contributed by atoms with van der Waals surface area (Å²) in [4.78, 5) is 47.3. The van der Waals surface area contributed by atoms with Crippen LogP contribution in [0.4, 0.5) is 4.39 Å². The fraction of sp³-hybridized carbons (Fsp3) is 0.333. The number of piperidine rings is 1. The molecular weight excluding hydrogens is 497 g/mol. The Labute approximate surface area is 226 Å². The summed E-state index contributed by atoms with van der Waals surface area (Å²) in [5.74, 6) is -1.57. The molecule has 3 aliphatic rings. The van der Waals surface area contributed by atoms with Crippen molar-refractivity contribution in [1.29, 1.82) is 0 Å². The molecule has 3 aromatic rings. The minimum Gasteiger partial charge on any atom is -0.322 e. The van der Waals surface area contributed by atoms with Crippen LogP contribution in [0.2, 0.25) is 0 Å². The van der Waals surface area contributed by atoms with Crippen LogP contribution in [0.5, 0.6) is 0 Å². The Morgan fingerprint density at radius 3 is 2.46 bits per heavy atom. The number of amides is 3. The molecule has 200 valence electrons. The van der Waals surface area contributed by atoms with Gasteiger partial charge in [-0.2, -0.15) is 0 Å². The van der Waals surface area contributed by atoms with Gasteiger partial charge in [-0.25, -0.2) is 4.39 Å². The highest BCUT2D eigenvalue weighted by molar-refractivity contribution is 6.05. The number of carbonyl (C=O) groups is 3. The second-order valence-corrected chi connectivity index (χ2v) is 10.4. The smallest absolute Gasteiger partial charge is 0.255 e. The molecule has 2 saturated heterocycles. The molecule has 2 aromatic carbocycles. The third-order valence-electron chi connectivity index (χ3n) is 7.97. The Hall–Kier alpha value is -3.95. The molecule has 0 radical (unpaired) electrons. The molecule has 2 unspecified atom stereocenters. The van der Waals surface area contributed by atoms with E-state index >= 15 is 4.39 Å². The van der Waals surface area contributed by atoms with Crippen molar-refractivity contribution < 1.29 is 18.8 Å². The Morgan fingerprint density at radius 2 is 1.74 bits per heavy atom. The summed E-state index contributed by atoms with van der Waals surface area (Å²) >= 11 is 0. The van der Waals surface area contributed by atoms with Crippen molar-refractivity contribution in [2.75, 3.05) is 26.2 Å². The first kappa shape index (κ1) is 25.3. The lowest BCUT2D eigenvalue weighted by Gasteiger charge is -2.39. The van der Waals surface area contributed by atoms with Gasteiger partial charge in [0.2, 0.25) is 11.8 Å². The SMILES string of the molecule is O=C1CCC(N2Cc3cc(CN4CCN(C(c5ccccc5)c5cccnc5)CC4)c(F)cc3C2=O)C(=O)N1. The molecule has 0 saturated carbocycles. The molecule has 39 heavy (non-hydrogen) atoms. The fourth-order valence-electron chi connectivity index (χ4n) is 5.97. The van der Waals surface area contributed by atoms with E-state index in [4.69, 9.17) is 0 Å². The second kappa shape index (κ2) is 10.7. The van der Waals surface area contributed by atoms with Gasteiger partial charge in [0.1, 0.15) is 11.9 Å².